The minimum absolute atomic E-state index is 0.104. The number of hydrogen-bond donors (Lipinski definition) is 2. The number of rotatable bonds is 4. The summed E-state index contributed by atoms with van der Waals surface area (Å²) in [5.74, 6) is -0.0660. The van der Waals surface area contributed by atoms with Crippen LogP contribution in [0.4, 0.5) is 29.6 Å². The average molecular weight is 458 g/mol. The number of nitrogens with zero attached hydrogens (tertiary/aromatic N) is 4. The number of alkyl halides is 3. The maximum absolute atomic E-state index is 12.7. The second kappa shape index (κ2) is 8.84. The molecule has 33 heavy (non-hydrogen) atoms. The summed E-state index contributed by atoms with van der Waals surface area (Å²) in [6.07, 6.45) is -3.02. The molecule has 0 unspecified atom stereocenters. The summed E-state index contributed by atoms with van der Waals surface area (Å²) in [5.41, 5.74) is 4.72. The standard InChI is InChI=1S/C23H25F3N6O/c1-13-4-5-17(30-22(33)32-7-6-15(12-32)10-23(24,25)26)9-18(13)19-8-16-11-28-21(27-3)31-20(16)29-14(19)2/h4-5,8-9,11,15H,6-7,10,12H2,1-3H3,(H,30,33)(H,27,28,29,31)/t15-/m1/s1. The van der Waals surface area contributed by atoms with Crippen molar-refractivity contribution in [3.8, 4) is 11.1 Å². The highest BCUT2D eigenvalue weighted by molar-refractivity contribution is 5.91. The summed E-state index contributed by atoms with van der Waals surface area (Å²) in [5, 5.41) is 6.51. The maximum atomic E-state index is 12.7. The number of hydrogen-bond acceptors (Lipinski definition) is 5. The average Bonchev–Trinajstić information content (AvgIpc) is 3.21. The highest BCUT2D eigenvalue weighted by Crippen LogP contribution is 2.32. The number of amides is 2. The third kappa shape index (κ3) is 5.15. The first kappa shape index (κ1) is 22.8. The number of benzene rings is 1. The first-order chi connectivity index (χ1) is 15.6. The summed E-state index contributed by atoms with van der Waals surface area (Å²) in [7, 11) is 1.74. The number of aromatic nitrogens is 3. The van der Waals surface area contributed by atoms with Crippen LogP contribution in [0.15, 0.2) is 30.5 Å². The number of halogens is 3. The summed E-state index contributed by atoms with van der Waals surface area (Å²) in [6.45, 7) is 4.28. The lowest BCUT2D eigenvalue weighted by Crippen LogP contribution is -2.33. The number of aryl methyl sites for hydroxylation is 2. The fourth-order valence-corrected chi connectivity index (χ4v) is 4.15. The summed E-state index contributed by atoms with van der Waals surface area (Å²) >= 11 is 0. The lowest BCUT2D eigenvalue weighted by Gasteiger charge is -2.19. The van der Waals surface area contributed by atoms with E-state index >= 15 is 0 Å². The molecule has 1 saturated heterocycles. The molecule has 1 aliphatic rings. The molecule has 10 heteroatoms. The molecule has 4 rings (SSSR count). The number of urea groups is 1. The fraction of sp³-hybridized carbons (Fsp3) is 0.391. The molecule has 3 heterocycles. The number of pyridine rings is 1. The second-order valence-electron chi connectivity index (χ2n) is 8.36. The molecule has 0 saturated carbocycles. The van der Waals surface area contributed by atoms with Gasteiger partial charge in [0, 0.05) is 55.1 Å². The van der Waals surface area contributed by atoms with Crippen molar-refractivity contribution in [2.24, 2.45) is 5.92 Å². The third-order valence-corrected chi connectivity index (χ3v) is 5.85. The number of nitrogens with one attached hydrogen (secondary N) is 2. The van der Waals surface area contributed by atoms with Crippen LogP contribution in [0.25, 0.3) is 22.2 Å². The Hall–Kier alpha value is -3.43. The normalized spacial score (nSPS) is 16.3. The van der Waals surface area contributed by atoms with Crippen LogP contribution in [-0.4, -0.2) is 52.2 Å². The lowest BCUT2D eigenvalue weighted by molar-refractivity contribution is -0.143. The Morgan fingerprint density at radius 3 is 2.70 bits per heavy atom. The Kier molecular flexibility index (Phi) is 6.09. The van der Waals surface area contributed by atoms with E-state index in [0.717, 1.165) is 27.8 Å². The van der Waals surface area contributed by atoms with Crippen LogP contribution >= 0.6 is 0 Å². The van der Waals surface area contributed by atoms with Crippen LogP contribution in [-0.2, 0) is 0 Å². The van der Waals surface area contributed by atoms with Crippen LogP contribution in [0.3, 0.4) is 0 Å². The van der Waals surface area contributed by atoms with Gasteiger partial charge in [-0.1, -0.05) is 6.07 Å². The van der Waals surface area contributed by atoms with Gasteiger partial charge < -0.3 is 15.5 Å². The van der Waals surface area contributed by atoms with Crippen LogP contribution in [0.2, 0.25) is 0 Å². The quantitative estimate of drug-likeness (QED) is 0.565. The second-order valence-corrected chi connectivity index (χ2v) is 8.36. The Balaban J connectivity index is 1.55. The van der Waals surface area contributed by atoms with Gasteiger partial charge in [-0.25, -0.2) is 14.8 Å². The SMILES string of the molecule is CNc1ncc2cc(-c3cc(NC(=O)N4CC[C@H](CC(F)(F)F)C4)ccc3C)c(C)nc2n1. The summed E-state index contributed by atoms with van der Waals surface area (Å²) < 4.78 is 38.0. The van der Waals surface area contributed by atoms with Crippen LogP contribution in [0.5, 0.6) is 0 Å². The molecule has 2 amide bonds. The van der Waals surface area contributed by atoms with Gasteiger partial charge in [-0.2, -0.15) is 18.2 Å². The topological polar surface area (TPSA) is 83.0 Å². The monoisotopic (exact) mass is 458 g/mol. The number of carbonyl (C=O) groups is 1. The lowest BCUT2D eigenvalue weighted by atomic mass is 9.98. The van der Waals surface area contributed by atoms with E-state index in [1.54, 1.807) is 19.3 Å². The van der Waals surface area contributed by atoms with E-state index in [2.05, 4.69) is 25.6 Å². The van der Waals surface area contributed by atoms with Crippen molar-refractivity contribution in [1.82, 2.24) is 19.9 Å². The van der Waals surface area contributed by atoms with Crippen molar-refractivity contribution in [2.45, 2.75) is 32.9 Å². The predicted octanol–water partition coefficient (Wildman–Crippen LogP) is 5.16. The highest BCUT2D eigenvalue weighted by Gasteiger charge is 2.36. The molecule has 7 nitrogen and oxygen atoms in total. The van der Waals surface area contributed by atoms with E-state index in [1.165, 1.54) is 4.90 Å². The molecular weight excluding hydrogens is 433 g/mol. The minimum Gasteiger partial charge on any atom is -0.357 e. The molecule has 1 atom stereocenters. The van der Waals surface area contributed by atoms with Gasteiger partial charge >= 0.3 is 12.2 Å². The fourth-order valence-electron chi connectivity index (χ4n) is 4.15. The van der Waals surface area contributed by atoms with Gasteiger partial charge in [-0.15, -0.1) is 0 Å². The minimum atomic E-state index is -4.21. The van der Waals surface area contributed by atoms with Gasteiger partial charge in [0.25, 0.3) is 0 Å². The van der Waals surface area contributed by atoms with Gasteiger partial charge in [0.15, 0.2) is 5.65 Å². The van der Waals surface area contributed by atoms with Crippen molar-refractivity contribution < 1.29 is 18.0 Å². The first-order valence-corrected chi connectivity index (χ1v) is 10.7. The molecule has 0 spiro atoms. The van der Waals surface area contributed by atoms with Crippen molar-refractivity contribution >= 4 is 28.7 Å². The van der Waals surface area contributed by atoms with E-state index in [0.29, 0.717) is 30.2 Å². The Morgan fingerprint density at radius 2 is 1.97 bits per heavy atom. The van der Waals surface area contributed by atoms with Gasteiger partial charge in [0.05, 0.1) is 0 Å². The van der Waals surface area contributed by atoms with Crippen LogP contribution in [0.1, 0.15) is 24.1 Å². The third-order valence-electron chi connectivity index (χ3n) is 5.85. The maximum Gasteiger partial charge on any atom is 0.389 e. The van der Waals surface area contributed by atoms with E-state index in [-0.39, 0.29) is 6.54 Å². The Bertz CT molecular complexity index is 1200. The molecule has 174 valence electrons. The van der Waals surface area contributed by atoms with Crippen LogP contribution < -0.4 is 10.6 Å². The van der Waals surface area contributed by atoms with Crippen LogP contribution in [0, 0.1) is 19.8 Å². The van der Waals surface area contributed by atoms with E-state index in [4.69, 9.17) is 0 Å². The van der Waals surface area contributed by atoms with Gasteiger partial charge in [0.1, 0.15) is 0 Å². The number of fused-ring (bicyclic) bond motifs is 1. The zero-order valence-electron chi connectivity index (χ0n) is 18.6. The molecule has 1 aliphatic heterocycles. The Morgan fingerprint density at radius 1 is 1.18 bits per heavy atom. The van der Waals surface area contributed by atoms with E-state index < -0.39 is 24.5 Å². The molecule has 3 aromatic rings. The van der Waals surface area contributed by atoms with Gasteiger partial charge in [-0.05, 0) is 55.5 Å². The summed E-state index contributed by atoms with van der Waals surface area (Å²) in [6, 6.07) is 7.11. The van der Waals surface area contributed by atoms with Crippen molar-refractivity contribution in [3.63, 3.8) is 0 Å². The Labute approximate surface area is 189 Å². The molecule has 1 aromatic carbocycles. The van der Waals surface area contributed by atoms with E-state index in [1.807, 2.05) is 32.0 Å². The van der Waals surface area contributed by atoms with E-state index in [9.17, 15) is 18.0 Å². The molecule has 0 bridgehead atoms. The smallest absolute Gasteiger partial charge is 0.357 e. The van der Waals surface area contributed by atoms with Gasteiger partial charge in [0.2, 0.25) is 5.95 Å². The first-order valence-electron chi connectivity index (χ1n) is 10.7. The molecule has 2 aromatic heterocycles. The van der Waals surface area contributed by atoms with Crippen molar-refractivity contribution in [1.29, 1.82) is 0 Å². The summed E-state index contributed by atoms with van der Waals surface area (Å²) in [4.78, 5) is 27.3. The largest absolute Gasteiger partial charge is 0.389 e. The molecule has 2 N–H and O–H groups in total. The molecular formula is C23H25F3N6O. The predicted molar refractivity (Wildman–Crippen MR) is 121 cm³/mol. The number of anilines is 2. The number of likely N-dealkylation sites (tertiary alicyclic amines) is 1. The highest BCUT2D eigenvalue weighted by atomic mass is 19.4. The van der Waals surface area contributed by atoms with Gasteiger partial charge in [-0.3, -0.25) is 0 Å². The zero-order chi connectivity index (χ0) is 23.8. The number of carbonyl (C=O) groups excluding carboxylic acids is 1. The molecule has 0 aliphatic carbocycles. The van der Waals surface area contributed by atoms with Crippen molar-refractivity contribution in [3.05, 3.63) is 41.7 Å². The van der Waals surface area contributed by atoms with Crippen molar-refractivity contribution in [2.75, 3.05) is 30.8 Å². The molecule has 0 radical (unpaired) electrons. The zero-order valence-corrected chi connectivity index (χ0v) is 18.6. The molecule has 1 fully saturated rings.